The zero-order valence-corrected chi connectivity index (χ0v) is 17.3. The number of alkyl halides is 1. The standard InChI is InChI=1S/C22H20F3N5O2/c1-11-7-8-30(28-11)12-3-4-13(16(31)9-12)14-5-6-18(27-26-14)32-17-10-15-19(23)21(25)22(20(17)24)29(15)2/h3-9,15,17,20,22,31H,10H2,1-2H3. The average Bonchev–Trinajstić information content (AvgIpc) is 3.27. The largest absolute Gasteiger partial charge is 0.507 e. The lowest BCUT2D eigenvalue weighted by Gasteiger charge is -2.38. The molecule has 0 amide bonds. The summed E-state index contributed by atoms with van der Waals surface area (Å²) in [5.74, 6) is -1.97. The number of hydrogen-bond acceptors (Lipinski definition) is 6. The van der Waals surface area contributed by atoms with Crippen LogP contribution in [0.15, 0.2) is 54.2 Å². The van der Waals surface area contributed by atoms with Gasteiger partial charge < -0.3 is 9.84 Å². The van der Waals surface area contributed by atoms with Crippen molar-refractivity contribution in [3.8, 4) is 28.6 Å². The van der Waals surface area contributed by atoms with Gasteiger partial charge in [0.1, 0.15) is 17.9 Å². The van der Waals surface area contributed by atoms with E-state index in [9.17, 15) is 18.3 Å². The number of aryl methyl sites for hydroxylation is 1. The molecule has 7 nitrogen and oxygen atoms in total. The Morgan fingerprint density at radius 1 is 1.09 bits per heavy atom. The van der Waals surface area contributed by atoms with Gasteiger partial charge in [0, 0.05) is 30.3 Å². The number of aromatic nitrogens is 4. The smallest absolute Gasteiger partial charge is 0.233 e. The molecule has 0 spiro atoms. The number of hydrogen-bond donors (Lipinski definition) is 1. The van der Waals surface area contributed by atoms with E-state index in [1.807, 2.05) is 13.0 Å². The van der Waals surface area contributed by atoms with E-state index in [4.69, 9.17) is 4.74 Å². The Morgan fingerprint density at radius 3 is 2.56 bits per heavy atom. The molecule has 1 fully saturated rings. The summed E-state index contributed by atoms with van der Waals surface area (Å²) in [6.45, 7) is 1.87. The van der Waals surface area contributed by atoms with Gasteiger partial charge in [-0.3, -0.25) is 4.90 Å². The topological polar surface area (TPSA) is 76.3 Å². The van der Waals surface area contributed by atoms with Crippen molar-refractivity contribution in [1.29, 1.82) is 0 Å². The van der Waals surface area contributed by atoms with E-state index in [1.54, 1.807) is 35.1 Å². The highest BCUT2D eigenvalue weighted by Gasteiger charge is 2.53. The van der Waals surface area contributed by atoms with Crippen LogP contribution in [0.4, 0.5) is 13.2 Å². The lowest BCUT2D eigenvalue weighted by molar-refractivity contribution is -0.0155. The molecule has 10 heteroatoms. The van der Waals surface area contributed by atoms with Gasteiger partial charge in [-0.05, 0) is 38.2 Å². The minimum Gasteiger partial charge on any atom is -0.507 e. The van der Waals surface area contributed by atoms with Crippen LogP contribution in [0.5, 0.6) is 11.6 Å². The Bertz CT molecular complexity index is 1200. The molecule has 5 rings (SSSR count). The van der Waals surface area contributed by atoms with Crippen molar-refractivity contribution in [2.75, 3.05) is 7.05 Å². The van der Waals surface area contributed by atoms with Crippen molar-refractivity contribution in [2.45, 2.75) is 37.7 Å². The highest BCUT2D eigenvalue weighted by Crippen LogP contribution is 2.42. The highest BCUT2D eigenvalue weighted by molar-refractivity contribution is 5.68. The first-order valence-electron chi connectivity index (χ1n) is 10.1. The van der Waals surface area contributed by atoms with Crippen LogP contribution in [0.25, 0.3) is 16.9 Å². The zero-order valence-electron chi connectivity index (χ0n) is 17.3. The van der Waals surface area contributed by atoms with Crippen LogP contribution < -0.4 is 4.74 Å². The number of rotatable bonds is 4. The molecule has 4 unspecified atom stereocenters. The van der Waals surface area contributed by atoms with Gasteiger partial charge in [0.15, 0.2) is 17.8 Å². The molecule has 4 atom stereocenters. The predicted molar refractivity (Wildman–Crippen MR) is 110 cm³/mol. The van der Waals surface area contributed by atoms with Gasteiger partial charge in [-0.15, -0.1) is 10.2 Å². The summed E-state index contributed by atoms with van der Waals surface area (Å²) >= 11 is 0. The quantitative estimate of drug-likeness (QED) is 0.663. The molecule has 2 bridgehead atoms. The zero-order chi connectivity index (χ0) is 22.6. The molecule has 2 aromatic heterocycles. The fraction of sp³-hybridized carbons (Fsp3) is 0.318. The van der Waals surface area contributed by atoms with Gasteiger partial charge in [0.05, 0.1) is 23.1 Å². The molecular weight excluding hydrogens is 423 g/mol. The van der Waals surface area contributed by atoms with Gasteiger partial charge in [0.25, 0.3) is 0 Å². The maximum atomic E-state index is 14.8. The average molecular weight is 443 g/mol. The summed E-state index contributed by atoms with van der Waals surface area (Å²) in [5, 5.41) is 22.8. The number of halogens is 3. The summed E-state index contributed by atoms with van der Waals surface area (Å²) in [6, 6.07) is 7.81. The fourth-order valence-corrected chi connectivity index (χ4v) is 4.27. The SMILES string of the molecule is Cc1ccn(-c2ccc(-c3ccc(OC4CC5C(F)=C(F)C(C4F)N5C)nn3)c(O)c2)n1. The minimum absolute atomic E-state index is 0.00800. The van der Waals surface area contributed by atoms with Crippen LogP contribution in [0, 0.1) is 6.92 Å². The molecule has 1 N–H and O–H groups in total. The Balaban J connectivity index is 1.32. The van der Waals surface area contributed by atoms with Crippen molar-refractivity contribution in [2.24, 2.45) is 0 Å². The van der Waals surface area contributed by atoms with Gasteiger partial charge >= 0.3 is 0 Å². The minimum atomic E-state index is -1.74. The number of nitrogens with zero attached hydrogens (tertiary/aromatic N) is 5. The van der Waals surface area contributed by atoms with E-state index in [-0.39, 0.29) is 18.1 Å². The number of piperidine rings is 1. The fourth-order valence-electron chi connectivity index (χ4n) is 4.27. The molecule has 1 aromatic carbocycles. The first-order chi connectivity index (χ1) is 15.3. The van der Waals surface area contributed by atoms with E-state index in [0.29, 0.717) is 16.9 Å². The molecule has 3 aromatic rings. The number of aromatic hydroxyl groups is 1. The molecular formula is C22H20F3N5O2. The van der Waals surface area contributed by atoms with Gasteiger partial charge in [-0.2, -0.15) is 5.10 Å². The number of phenolic OH excluding ortho intramolecular Hbond substituents is 1. The molecule has 0 aliphatic carbocycles. The summed E-state index contributed by atoms with van der Waals surface area (Å²) in [5.41, 5.74) is 2.37. The van der Waals surface area contributed by atoms with Gasteiger partial charge in [0.2, 0.25) is 5.88 Å². The first-order valence-corrected chi connectivity index (χ1v) is 10.1. The van der Waals surface area contributed by atoms with Crippen molar-refractivity contribution in [1.82, 2.24) is 24.9 Å². The maximum Gasteiger partial charge on any atom is 0.233 e. The lowest BCUT2D eigenvalue weighted by Crippen LogP contribution is -2.54. The molecule has 2 aliphatic rings. The van der Waals surface area contributed by atoms with Crippen LogP contribution in [0.2, 0.25) is 0 Å². The summed E-state index contributed by atoms with van der Waals surface area (Å²) in [6.07, 6.45) is -1.04. The number of phenols is 1. The van der Waals surface area contributed by atoms with Crippen molar-refractivity contribution >= 4 is 0 Å². The third kappa shape index (κ3) is 3.31. The first kappa shape index (κ1) is 20.5. The number of likely N-dealkylation sites (N-methyl/N-ethyl adjacent to an activating group) is 1. The molecule has 0 radical (unpaired) electrons. The second kappa shape index (κ2) is 7.63. The summed E-state index contributed by atoms with van der Waals surface area (Å²) in [7, 11) is 1.49. The molecule has 166 valence electrons. The lowest BCUT2D eigenvalue weighted by atomic mass is 9.97. The molecule has 0 saturated carbocycles. The predicted octanol–water partition coefficient (Wildman–Crippen LogP) is 3.67. The van der Waals surface area contributed by atoms with E-state index < -0.39 is 36.0 Å². The summed E-state index contributed by atoms with van der Waals surface area (Å²) in [4.78, 5) is 1.35. The Morgan fingerprint density at radius 2 is 1.91 bits per heavy atom. The van der Waals surface area contributed by atoms with Crippen LogP contribution in [-0.2, 0) is 0 Å². The monoisotopic (exact) mass is 443 g/mol. The molecule has 4 heterocycles. The van der Waals surface area contributed by atoms with Crippen LogP contribution in [0.3, 0.4) is 0 Å². The number of ether oxygens (including phenoxy) is 1. The highest BCUT2D eigenvalue weighted by atomic mass is 19.2. The third-order valence-corrected chi connectivity index (χ3v) is 5.98. The third-order valence-electron chi connectivity index (χ3n) is 5.98. The van der Waals surface area contributed by atoms with E-state index >= 15 is 0 Å². The molecule has 32 heavy (non-hydrogen) atoms. The maximum absolute atomic E-state index is 14.8. The van der Waals surface area contributed by atoms with E-state index in [0.717, 1.165) is 5.69 Å². The van der Waals surface area contributed by atoms with E-state index in [2.05, 4.69) is 15.3 Å². The van der Waals surface area contributed by atoms with Crippen molar-refractivity contribution < 1.29 is 23.0 Å². The van der Waals surface area contributed by atoms with Gasteiger partial charge in [-0.1, -0.05) is 0 Å². The van der Waals surface area contributed by atoms with Crippen molar-refractivity contribution in [3.05, 3.63) is 59.9 Å². The molecule has 2 aliphatic heterocycles. The summed E-state index contributed by atoms with van der Waals surface area (Å²) < 4.78 is 50.0. The number of benzene rings is 1. The van der Waals surface area contributed by atoms with Crippen LogP contribution in [0.1, 0.15) is 12.1 Å². The van der Waals surface area contributed by atoms with Gasteiger partial charge in [-0.25, -0.2) is 17.9 Å². The second-order valence-electron chi connectivity index (χ2n) is 8.02. The van der Waals surface area contributed by atoms with E-state index in [1.165, 1.54) is 18.0 Å². The Kier molecular flexibility index (Phi) is 4.89. The molecule has 1 saturated heterocycles. The number of fused-ring (bicyclic) bond motifs is 2. The Hall–Kier alpha value is -3.40. The Labute approximate surface area is 181 Å². The van der Waals surface area contributed by atoms with Crippen LogP contribution in [-0.4, -0.2) is 61.4 Å². The van der Waals surface area contributed by atoms with Crippen LogP contribution >= 0.6 is 0 Å². The normalized spacial score (nSPS) is 25.4. The van der Waals surface area contributed by atoms with Crippen molar-refractivity contribution in [3.63, 3.8) is 0 Å². The second-order valence-corrected chi connectivity index (χ2v) is 8.02.